The second kappa shape index (κ2) is 10.1. The Kier molecular flexibility index (Phi) is 6.96. The zero-order chi connectivity index (χ0) is 23.4. The van der Waals surface area contributed by atoms with E-state index in [1.807, 2.05) is 35.2 Å². The minimum atomic E-state index is -0.179. The fourth-order valence-corrected chi connectivity index (χ4v) is 4.62. The summed E-state index contributed by atoms with van der Waals surface area (Å²) in [5.74, 6) is 1.34. The van der Waals surface area contributed by atoms with E-state index in [2.05, 4.69) is 16.8 Å². The van der Waals surface area contributed by atoms with Gasteiger partial charge in [-0.3, -0.25) is 9.59 Å². The van der Waals surface area contributed by atoms with Crippen LogP contribution in [0.3, 0.4) is 0 Å². The molecule has 1 N–H and O–H groups in total. The molecule has 0 radical (unpaired) electrons. The number of carbonyl (C=O) groups excluding carboxylic acids is 2. The summed E-state index contributed by atoms with van der Waals surface area (Å²) < 4.78 is 7.49. The third-order valence-electron chi connectivity index (χ3n) is 6.18. The van der Waals surface area contributed by atoms with E-state index in [0.717, 1.165) is 61.4 Å². The number of ether oxygens (including phenoxy) is 1. The standard InChI is InChI=1S/C26H32N4O3/c1-4-30-24-22(26(32)29-13-8-6-5-7-9-14-29)16-20(27-18(2)31)17-23(24)28-25(30)19-11-10-12-21(15-19)33-3/h10-12,15-17H,4-9,13-14H2,1-3H3,(H,27,31). The van der Waals surface area contributed by atoms with Crippen molar-refractivity contribution < 1.29 is 14.3 Å². The van der Waals surface area contributed by atoms with E-state index < -0.39 is 0 Å². The van der Waals surface area contributed by atoms with E-state index in [9.17, 15) is 9.59 Å². The number of methoxy groups -OCH3 is 1. The van der Waals surface area contributed by atoms with Gasteiger partial charge in [-0.15, -0.1) is 0 Å². The van der Waals surface area contributed by atoms with Gasteiger partial charge in [0.25, 0.3) is 5.91 Å². The van der Waals surface area contributed by atoms with Crippen molar-refractivity contribution in [1.82, 2.24) is 14.5 Å². The van der Waals surface area contributed by atoms with Gasteiger partial charge in [-0.05, 0) is 44.0 Å². The summed E-state index contributed by atoms with van der Waals surface area (Å²) in [5.41, 5.74) is 3.58. The number of nitrogens with one attached hydrogen (secondary N) is 1. The summed E-state index contributed by atoms with van der Waals surface area (Å²) >= 11 is 0. The number of nitrogens with zero attached hydrogens (tertiary/aromatic N) is 3. The Morgan fingerprint density at radius 3 is 2.45 bits per heavy atom. The second-order valence-electron chi connectivity index (χ2n) is 8.54. The first-order valence-electron chi connectivity index (χ1n) is 11.8. The molecule has 3 aromatic rings. The van der Waals surface area contributed by atoms with Crippen molar-refractivity contribution >= 4 is 28.5 Å². The fourth-order valence-electron chi connectivity index (χ4n) is 4.62. The lowest BCUT2D eigenvalue weighted by molar-refractivity contribution is -0.114. The van der Waals surface area contributed by atoms with Gasteiger partial charge in [-0.2, -0.15) is 0 Å². The summed E-state index contributed by atoms with van der Waals surface area (Å²) in [6.45, 7) is 5.69. The molecule has 0 saturated carbocycles. The Balaban J connectivity index is 1.88. The minimum absolute atomic E-state index is 0.000828. The molecule has 174 valence electrons. The summed E-state index contributed by atoms with van der Waals surface area (Å²) in [4.78, 5) is 32.4. The smallest absolute Gasteiger partial charge is 0.256 e. The Labute approximate surface area is 194 Å². The van der Waals surface area contributed by atoms with Crippen LogP contribution in [0, 0.1) is 0 Å². The lowest BCUT2D eigenvalue weighted by Crippen LogP contribution is -2.34. The number of anilines is 1. The van der Waals surface area contributed by atoms with Crippen LogP contribution in [-0.2, 0) is 11.3 Å². The van der Waals surface area contributed by atoms with Gasteiger partial charge in [-0.1, -0.05) is 31.4 Å². The van der Waals surface area contributed by atoms with E-state index in [1.54, 1.807) is 13.2 Å². The van der Waals surface area contributed by atoms with Crippen LogP contribution < -0.4 is 10.1 Å². The van der Waals surface area contributed by atoms with Crippen molar-refractivity contribution in [3.05, 3.63) is 42.0 Å². The number of aryl methyl sites for hydroxylation is 1. The number of amides is 2. The number of fused-ring (bicyclic) bond motifs is 1. The predicted molar refractivity (Wildman–Crippen MR) is 131 cm³/mol. The van der Waals surface area contributed by atoms with Crippen LogP contribution >= 0.6 is 0 Å². The molecule has 7 heteroatoms. The minimum Gasteiger partial charge on any atom is -0.497 e. The number of hydrogen-bond acceptors (Lipinski definition) is 4. The highest BCUT2D eigenvalue weighted by atomic mass is 16.5. The molecule has 1 saturated heterocycles. The van der Waals surface area contributed by atoms with Crippen LogP contribution in [0.15, 0.2) is 36.4 Å². The first-order chi connectivity index (χ1) is 16.0. The van der Waals surface area contributed by atoms with Crippen molar-refractivity contribution in [2.75, 3.05) is 25.5 Å². The van der Waals surface area contributed by atoms with Crippen LogP contribution in [0.4, 0.5) is 5.69 Å². The van der Waals surface area contributed by atoms with Crippen LogP contribution in [-0.4, -0.2) is 46.5 Å². The van der Waals surface area contributed by atoms with Crippen LogP contribution in [0.1, 0.15) is 56.3 Å². The number of hydrogen-bond donors (Lipinski definition) is 1. The van der Waals surface area contributed by atoms with Gasteiger partial charge in [0.05, 0.1) is 23.7 Å². The molecule has 0 atom stereocenters. The van der Waals surface area contributed by atoms with Crippen molar-refractivity contribution in [1.29, 1.82) is 0 Å². The highest BCUT2D eigenvalue weighted by molar-refractivity contribution is 6.08. The molecule has 33 heavy (non-hydrogen) atoms. The maximum Gasteiger partial charge on any atom is 0.256 e. The number of carbonyl (C=O) groups is 2. The van der Waals surface area contributed by atoms with E-state index in [4.69, 9.17) is 9.72 Å². The highest BCUT2D eigenvalue weighted by Gasteiger charge is 2.24. The van der Waals surface area contributed by atoms with Gasteiger partial charge in [0.1, 0.15) is 11.6 Å². The average Bonchev–Trinajstić information content (AvgIpc) is 3.16. The number of rotatable bonds is 5. The van der Waals surface area contributed by atoms with Gasteiger partial charge in [0.15, 0.2) is 0 Å². The third kappa shape index (κ3) is 4.87. The second-order valence-corrected chi connectivity index (χ2v) is 8.54. The van der Waals surface area contributed by atoms with E-state index >= 15 is 0 Å². The molecule has 1 fully saturated rings. The lowest BCUT2D eigenvalue weighted by atomic mass is 10.1. The Morgan fingerprint density at radius 1 is 1.06 bits per heavy atom. The molecule has 1 aromatic heterocycles. The average molecular weight is 449 g/mol. The van der Waals surface area contributed by atoms with Crippen molar-refractivity contribution in [3.63, 3.8) is 0 Å². The third-order valence-corrected chi connectivity index (χ3v) is 6.18. The van der Waals surface area contributed by atoms with Gasteiger partial charge in [0, 0.05) is 37.8 Å². The van der Waals surface area contributed by atoms with E-state index in [-0.39, 0.29) is 11.8 Å². The molecule has 4 rings (SSSR count). The Bertz CT molecular complexity index is 1160. The molecule has 0 spiro atoms. The number of imidazole rings is 1. The SMILES string of the molecule is CCn1c(-c2cccc(OC)c2)nc2cc(NC(C)=O)cc(C(=O)N3CCCCCCC3)c21. The Hall–Kier alpha value is -3.35. The molecule has 7 nitrogen and oxygen atoms in total. The molecular weight excluding hydrogens is 416 g/mol. The first-order valence-corrected chi connectivity index (χ1v) is 11.8. The number of benzene rings is 2. The topological polar surface area (TPSA) is 76.5 Å². The van der Waals surface area contributed by atoms with Crippen LogP contribution in [0.25, 0.3) is 22.4 Å². The molecule has 2 heterocycles. The van der Waals surface area contributed by atoms with E-state index in [0.29, 0.717) is 23.3 Å². The molecule has 0 bridgehead atoms. The van der Waals surface area contributed by atoms with Crippen molar-refractivity contribution in [2.45, 2.75) is 52.5 Å². The maximum atomic E-state index is 13.8. The summed E-state index contributed by atoms with van der Waals surface area (Å²) in [6, 6.07) is 11.4. The molecule has 1 aliphatic rings. The van der Waals surface area contributed by atoms with Crippen molar-refractivity contribution in [3.8, 4) is 17.1 Å². The van der Waals surface area contributed by atoms with Gasteiger partial charge in [0.2, 0.25) is 5.91 Å². The Morgan fingerprint density at radius 2 is 1.79 bits per heavy atom. The normalized spacial score (nSPS) is 14.6. The summed E-state index contributed by atoms with van der Waals surface area (Å²) in [6.07, 6.45) is 5.57. The predicted octanol–water partition coefficient (Wildman–Crippen LogP) is 5.10. The monoisotopic (exact) mass is 448 g/mol. The van der Waals surface area contributed by atoms with Crippen LogP contribution in [0.5, 0.6) is 5.75 Å². The zero-order valence-corrected chi connectivity index (χ0v) is 19.7. The first kappa shape index (κ1) is 22.8. The molecular formula is C26H32N4O3. The molecule has 2 amide bonds. The molecule has 0 unspecified atom stereocenters. The van der Waals surface area contributed by atoms with Crippen LogP contribution in [0.2, 0.25) is 0 Å². The largest absolute Gasteiger partial charge is 0.497 e. The lowest BCUT2D eigenvalue weighted by Gasteiger charge is -2.25. The van der Waals surface area contributed by atoms with Crippen molar-refractivity contribution in [2.24, 2.45) is 0 Å². The maximum absolute atomic E-state index is 13.8. The van der Waals surface area contributed by atoms with E-state index in [1.165, 1.54) is 13.3 Å². The molecule has 2 aromatic carbocycles. The highest BCUT2D eigenvalue weighted by Crippen LogP contribution is 2.32. The number of aromatic nitrogens is 2. The summed E-state index contributed by atoms with van der Waals surface area (Å²) in [7, 11) is 1.64. The van der Waals surface area contributed by atoms with Gasteiger partial charge < -0.3 is 19.5 Å². The molecule has 1 aliphatic heterocycles. The van der Waals surface area contributed by atoms with Gasteiger partial charge in [-0.25, -0.2) is 4.98 Å². The fraction of sp³-hybridized carbons (Fsp3) is 0.423. The quantitative estimate of drug-likeness (QED) is 0.589. The zero-order valence-electron chi connectivity index (χ0n) is 19.7. The summed E-state index contributed by atoms with van der Waals surface area (Å²) in [5, 5.41) is 2.84. The number of likely N-dealkylation sites (tertiary alicyclic amines) is 1. The van der Waals surface area contributed by atoms with Gasteiger partial charge >= 0.3 is 0 Å². The molecule has 0 aliphatic carbocycles.